The monoisotopic (exact) mass is 358 g/mol. The van der Waals surface area contributed by atoms with E-state index in [0.717, 1.165) is 38.8 Å². The van der Waals surface area contributed by atoms with Crippen molar-refractivity contribution in [3.63, 3.8) is 0 Å². The Balaban J connectivity index is 1.68. The Morgan fingerprint density at radius 3 is 2.42 bits per heavy atom. The second kappa shape index (κ2) is 7.99. The van der Waals surface area contributed by atoms with Gasteiger partial charge in [0.05, 0.1) is 17.7 Å². The molecule has 2 fully saturated rings. The summed E-state index contributed by atoms with van der Waals surface area (Å²) in [4.78, 5) is 49.6. The third kappa shape index (κ3) is 4.19. The van der Waals surface area contributed by atoms with E-state index in [2.05, 4.69) is 16.0 Å². The Morgan fingerprint density at radius 2 is 1.77 bits per heavy atom. The number of benzene rings is 1. The summed E-state index contributed by atoms with van der Waals surface area (Å²) < 4.78 is 0. The maximum Gasteiger partial charge on any atom is 0.322 e. The van der Waals surface area contributed by atoms with Crippen molar-refractivity contribution in [2.24, 2.45) is 0 Å². The number of hydrogen-bond acceptors (Lipinski definition) is 4. The van der Waals surface area contributed by atoms with Gasteiger partial charge in [0, 0.05) is 13.1 Å². The zero-order chi connectivity index (χ0) is 18.5. The molecule has 0 radical (unpaired) electrons. The molecule has 26 heavy (non-hydrogen) atoms. The van der Waals surface area contributed by atoms with Gasteiger partial charge in [0.25, 0.3) is 11.8 Å². The summed E-state index contributed by atoms with van der Waals surface area (Å²) in [7, 11) is 0. The van der Waals surface area contributed by atoms with Gasteiger partial charge in [-0.1, -0.05) is 25.0 Å². The second-order valence-electron chi connectivity index (χ2n) is 6.52. The molecule has 3 N–H and O–H groups in total. The molecule has 2 heterocycles. The highest BCUT2D eigenvalue weighted by Crippen LogP contribution is 2.20. The minimum Gasteiger partial charge on any atom is -0.339 e. The molecule has 0 bridgehead atoms. The predicted molar refractivity (Wildman–Crippen MR) is 94.5 cm³/mol. The standard InChI is InChI=1S/C18H22N4O4/c23-15(11-14-16(24)21-18(26)20-14)19-13-8-4-3-7-12(13)17(25)22-9-5-1-2-6-10-22/h3-4,7-8,14H,1-2,5-6,9-11H2,(H,19,23)(H2,20,21,24,26)/t14-/m1/s1. The number of hydrogen-bond donors (Lipinski definition) is 3. The van der Waals surface area contributed by atoms with Gasteiger partial charge in [0.15, 0.2) is 0 Å². The lowest BCUT2D eigenvalue weighted by atomic mass is 10.1. The molecule has 2 aliphatic rings. The van der Waals surface area contributed by atoms with Crippen LogP contribution in [-0.4, -0.2) is 47.8 Å². The van der Waals surface area contributed by atoms with Crippen LogP contribution >= 0.6 is 0 Å². The topological polar surface area (TPSA) is 108 Å². The minimum absolute atomic E-state index is 0.102. The van der Waals surface area contributed by atoms with Gasteiger partial charge in [-0.25, -0.2) is 4.79 Å². The number of nitrogens with one attached hydrogen (secondary N) is 3. The number of carbonyl (C=O) groups excluding carboxylic acids is 4. The Morgan fingerprint density at radius 1 is 1.08 bits per heavy atom. The van der Waals surface area contributed by atoms with E-state index in [1.807, 2.05) is 4.90 Å². The summed E-state index contributed by atoms with van der Waals surface area (Å²) in [6.07, 6.45) is 4.02. The maximum atomic E-state index is 12.8. The number of rotatable bonds is 4. The molecule has 0 spiro atoms. The van der Waals surface area contributed by atoms with Crippen LogP contribution in [0.1, 0.15) is 42.5 Å². The number of likely N-dealkylation sites (tertiary alicyclic amines) is 1. The van der Waals surface area contributed by atoms with Crippen molar-refractivity contribution in [2.45, 2.75) is 38.1 Å². The molecule has 8 nitrogen and oxygen atoms in total. The zero-order valence-electron chi connectivity index (χ0n) is 14.4. The lowest BCUT2D eigenvalue weighted by Crippen LogP contribution is -2.34. The fourth-order valence-electron chi connectivity index (χ4n) is 3.21. The van der Waals surface area contributed by atoms with Gasteiger partial charge in [-0.2, -0.15) is 0 Å². The van der Waals surface area contributed by atoms with Crippen molar-refractivity contribution < 1.29 is 19.2 Å². The second-order valence-corrected chi connectivity index (χ2v) is 6.52. The molecule has 0 saturated carbocycles. The van der Waals surface area contributed by atoms with Gasteiger partial charge in [0.2, 0.25) is 5.91 Å². The first kappa shape index (κ1) is 17.9. The van der Waals surface area contributed by atoms with E-state index in [1.54, 1.807) is 24.3 Å². The average molecular weight is 358 g/mol. The van der Waals surface area contributed by atoms with Crippen LogP contribution in [0.5, 0.6) is 0 Å². The van der Waals surface area contributed by atoms with E-state index >= 15 is 0 Å². The minimum atomic E-state index is -0.893. The van der Waals surface area contributed by atoms with Gasteiger partial charge in [0.1, 0.15) is 6.04 Å². The highest BCUT2D eigenvalue weighted by atomic mass is 16.2. The van der Waals surface area contributed by atoms with Crippen molar-refractivity contribution in [1.29, 1.82) is 0 Å². The first-order valence-electron chi connectivity index (χ1n) is 8.84. The summed E-state index contributed by atoms with van der Waals surface area (Å²) in [6.45, 7) is 1.44. The molecule has 1 atom stereocenters. The molecular weight excluding hydrogens is 336 g/mol. The van der Waals surface area contributed by atoms with Gasteiger partial charge in [-0.05, 0) is 25.0 Å². The first-order valence-corrected chi connectivity index (χ1v) is 8.84. The summed E-state index contributed by atoms with van der Waals surface area (Å²) in [5.41, 5.74) is 0.846. The van der Waals surface area contributed by atoms with Gasteiger partial charge in [-0.15, -0.1) is 0 Å². The third-order valence-electron chi connectivity index (χ3n) is 4.57. The van der Waals surface area contributed by atoms with Gasteiger partial charge < -0.3 is 15.5 Å². The molecule has 2 saturated heterocycles. The van der Waals surface area contributed by atoms with Crippen molar-refractivity contribution >= 4 is 29.4 Å². The molecule has 138 valence electrons. The van der Waals surface area contributed by atoms with Crippen LogP contribution in [-0.2, 0) is 9.59 Å². The fraction of sp³-hybridized carbons (Fsp3) is 0.444. The van der Waals surface area contributed by atoms with Gasteiger partial charge in [-0.3, -0.25) is 19.7 Å². The number of nitrogens with zero attached hydrogens (tertiary/aromatic N) is 1. The SMILES string of the molecule is O=C(C[C@H]1NC(=O)NC1=O)Nc1ccccc1C(=O)N1CCCCCC1. The number of para-hydroxylation sites is 1. The number of imide groups is 1. The van der Waals surface area contributed by atoms with Crippen LogP contribution in [0, 0.1) is 0 Å². The quantitative estimate of drug-likeness (QED) is 0.704. The van der Waals surface area contributed by atoms with E-state index in [4.69, 9.17) is 0 Å². The zero-order valence-corrected chi connectivity index (χ0v) is 14.4. The highest BCUT2D eigenvalue weighted by Gasteiger charge is 2.31. The average Bonchev–Trinajstić information content (AvgIpc) is 2.82. The van der Waals surface area contributed by atoms with Crippen LogP contribution in [0.3, 0.4) is 0 Å². The molecule has 0 aromatic heterocycles. The summed E-state index contributed by atoms with van der Waals surface area (Å²) in [5.74, 6) is -1.07. The van der Waals surface area contributed by atoms with Crippen molar-refractivity contribution in [3.05, 3.63) is 29.8 Å². The highest BCUT2D eigenvalue weighted by molar-refractivity contribution is 6.08. The number of urea groups is 1. The molecule has 5 amide bonds. The van der Waals surface area contributed by atoms with Crippen LogP contribution in [0.15, 0.2) is 24.3 Å². The number of carbonyl (C=O) groups is 4. The van der Waals surface area contributed by atoms with Gasteiger partial charge >= 0.3 is 6.03 Å². The largest absolute Gasteiger partial charge is 0.339 e. The molecule has 1 aromatic rings. The number of anilines is 1. The molecule has 1 aromatic carbocycles. The van der Waals surface area contributed by atoms with Crippen molar-refractivity contribution in [2.75, 3.05) is 18.4 Å². The van der Waals surface area contributed by atoms with Crippen molar-refractivity contribution in [1.82, 2.24) is 15.5 Å². The molecular formula is C18H22N4O4. The molecule has 2 aliphatic heterocycles. The van der Waals surface area contributed by atoms with E-state index in [1.165, 1.54) is 0 Å². The number of amides is 5. The predicted octanol–water partition coefficient (Wildman–Crippen LogP) is 1.24. The third-order valence-corrected chi connectivity index (χ3v) is 4.57. The van der Waals surface area contributed by atoms with Crippen LogP contribution in [0.25, 0.3) is 0 Å². The van der Waals surface area contributed by atoms with Crippen molar-refractivity contribution in [3.8, 4) is 0 Å². The van der Waals surface area contributed by atoms with E-state index in [9.17, 15) is 19.2 Å². The Labute approximate surface area is 151 Å². The van der Waals surface area contributed by atoms with Crippen LogP contribution in [0.2, 0.25) is 0 Å². The Hall–Kier alpha value is -2.90. The summed E-state index contributed by atoms with van der Waals surface area (Å²) in [6, 6.07) is 5.34. The Kier molecular flexibility index (Phi) is 5.50. The molecule has 0 aliphatic carbocycles. The smallest absolute Gasteiger partial charge is 0.322 e. The normalized spacial score (nSPS) is 20.2. The first-order chi connectivity index (χ1) is 12.5. The molecule has 3 rings (SSSR count). The van der Waals surface area contributed by atoms with E-state index in [-0.39, 0.29) is 12.3 Å². The summed E-state index contributed by atoms with van der Waals surface area (Å²) in [5, 5.41) is 7.16. The maximum absolute atomic E-state index is 12.8. The fourth-order valence-corrected chi connectivity index (χ4v) is 3.21. The van der Waals surface area contributed by atoms with E-state index < -0.39 is 23.9 Å². The summed E-state index contributed by atoms with van der Waals surface area (Å²) >= 11 is 0. The Bertz CT molecular complexity index is 726. The molecule has 0 unspecified atom stereocenters. The molecule has 8 heteroatoms. The van der Waals surface area contributed by atoms with E-state index in [0.29, 0.717) is 11.3 Å². The lowest BCUT2D eigenvalue weighted by Gasteiger charge is -2.22. The lowest BCUT2D eigenvalue weighted by molar-refractivity contribution is -0.124. The van der Waals surface area contributed by atoms with Crippen LogP contribution in [0.4, 0.5) is 10.5 Å². The van der Waals surface area contributed by atoms with Crippen LogP contribution < -0.4 is 16.0 Å².